The van der Waals surface area contributed by atoms with Gasteiger partial charge in [-0.25, -0.2) is 8.42 Å². The molecule has 3 aromatic rings. The number of hydrogen-bond acceptors (Lipinski definition) is 7. The van der Waals surface area contributed by atoms with Crippen molar-refractivity contribution in [2.45, 2.75) is 38.1 Å². The fourth-order valence-corrected chi connectivity index (χ4v) is 4.96. The highest BCUT2D eigenvalue weighted by Crippen LogP contribution is 2.28. The van der Waals surface area contributed by atoms with Crippen LogP contribution in [0.25, 0.3) is 11.4 Å². The van der Waals surface area contributed by atoms with Crippen molar-refractivity contribution in [3.8, 4) is 17.1 Å². The highest BCUT2D eigenvalue weighted by Gasteiger charge is 2.27. The van der Waals surface area contributed by atoms with E-state index in [1.807, 2.05) is 31.2 Å². The number of rotatable bonds is 8. The second-order valence-electron chi connectivity index (χ2n) is 7.83. The van der Waals surface area contributed by atoms with Gasteiger partial charge in [0, 0.05) is 31.3 Å². The Morgan fingerprint density at radius 3 is 2.58 bits per heavy atom. The number of sulfonamides is 1. The molecule has 0 unspecified atom stereocenters. The highest BCUT2D eigenvalue weighted by molar-refractivity contribution is 7.89. The van der Waals surface area contributed by atoms with Gasteiger partial charge in [-0.1, -0.05) is 5.16 Å². The van der Waals surface area contributed by atoms with E-state index in [0.29, 0.717) is 25.4 Å². The molecule has 0 saturated carbocycles. The van der Waals surface area contributed by atoms with Gasteiger partial charge in [-0.05, 0) is 68.3 Å². The lowest BCUT2D eigenvalue weighted by Crippen LogP contribution is -2.27. The molecule has 2 heterocycles. The first-order valence-electron chi connectivity index (χ1n) is 10.7. The lowest BCUT2D eigenvalue weighted by Gasteiger charge is -2.20. The molecule has 0 aliphatic carbocycles. The summed E-state index contributed by atoms with van der Waals surface area (Å²) in [5.74, 6) is 1.35. The van der Waals surface area contributed by atoms with E-state index in [1.165, 1.54) is 13.1 Å². The maximum atomic E-state index is 13.1. The number of amides is 1. The maximum absolute atomic E-state index is 13.1. The number of hydrogen-bond donors (Lipinski definition) is 0. The largest absolute Gasteiger partial charge is 0.494 e. The molecule has 1 aliphatic rings. The molecule has 174 valence electrons. The molecule has 4 rings (SSSR count). The Morgan fingerprint density at radius 1 is 1.18 bits per heavy atom. The lowest BCUT2D eigenvalue weighted by atomic mass is 10.2. The van der Waals surface area contributed by atoms with Crippen LogP contribution in [-0.2, 0) is 21.4 Å². The van der Waals surface area contributed by atoms with Gasteiger partial charge in [0.05, 0.1) is 18.0 Å². The van der Waals surface area contributed by atoms with Gasteiger partial charge in [0.15, 0.2) is 0 Å². The number of carbonyl (C=O) groups excluding carboxylic acids is 1. The average molecular weight is 471 g/mol. The van der Waals surface area contributed by atoms with Gasteiger partial charge < -0.3 is 14.2 Å². The summed E-state index contributed by atoms with van der Waals surface area (Å²) < 4.78 is 38.1. The number of aromatic nitrogens is 2. The van der Waals surface area contributed by atoms with Crippen LogP contribution < -0.4 is 9.64 Å². The predicted molar refractivity (Wildman–Crippen MR) is 122 cm³/mol. The monoisotopic (exact) mass is 470 g/mol. The molecule has 0 N–H and O–H groups in total. The quantitative estimate of drug-likeness (QED) is 0.497. The SMILES string of the molecule is CCOc1ccc(-c2noc(CN(C)S(=O)(=O)c3ccc(N4CCCC4=O)c(C)c3)n2)cc1. The molecule has 10 heteroatoms. The summed E-state index contributed by atoms with van der Waals surface area (Å²) in [6.07, 6.45) is 1.33. The summed E-state index contributed by atoms with van der Waals surface area (Å²) in [6, 6.07) is 12.1. The van der Waals surface area contributed by atoms with E-state index in [4.69, 9.17) is 9.26 Å². The first kappa shape index (κ1) is 22.9. The normalized spacial score (nSPS) is 14.3. The Bertz CT molecular complexity index is 1250. The molecular weight excluding hydrogens is 444 g/mol. The van der Waals surface area contributed by atoms with Gasteiger partial charge in [-0.3, -0.25) is 4.79 Å². The second kappa shape index (κ2) is 9.32. The maximum Gasteiger partial charge on any atom is 0.243 e. The van der Waals surface area contributed by atoms with Crippen LogP contribution in [0.4, 0.5) is 5.69 Å². The zero-order valence-electron chi connectivity index (χ0n) is 18.8. The van der Waals surface area contributed by atoms with Crippen LogP contribution in [0.5, 0.6) is 5.75 Å². The smallest absolute Gasteiger partial charge is 0.243 e. The van der Waals surface area contributed by atoms with Crippen LogP contribution >= 0.6 is 0 Å². The van der Waals surface area contributed by atoms with E-state index < -0.39 is 10.0 Å². The molecule has 0 atom stereocenters. The van der Waals surface area contributed by atoms with Crippen molar-refractivity contribution < 1.29 is 22.5 Å². The van der Waals surface area contributed by atoms with Gasteiger partial charge in [0.2, 0.25) is 27.6 Å². The van der Waals surface area contributed by atoms with E-state index in [0.717, 1.165) is 33.3 Å². The van der Waals surface area contributed by atoms with Gasteiger partial charge in [-0.15, -0.1) is 0 Å². The molecule has 0 bridgehead atoms. The second-order valence-corrected chi connectivity index (χ2v) is 9.87. The van der Waals surface area contributed by atoms with E-state index in [9.17, 15) is 13.2 Å². The van der Waals surface area contributed by atoms with Crippen LogP contribution in [0.15, 0.2) is 51.9 Å². The van der Waals surface area contributed by atoms with Crippen molar-refractivity contribution in [1.82, 2.24) is 14.4 Å². The van der Waals surface area contributed by atoms with Crippen LogP contribution in [0, 0.1) is 6.92 Å². The van der Waals surface area contributed by atoms with Crippen molar-refractivity contribution in [2.24, 2.45) is 0 Å². The summed E-state index contributed by atoms with van der Waals surface area (Å²) in [5.41, 5.74) is 2.22. The Balaban J connectivity index is 1.48. The predicted octanol–water partition coefficient (Wildman–Crippen LogP) is 3.39. The summed E-state index contributed by atoms with van der Waals surface area (Å²) in [6.45, 7) is 4.87. The summed E-state index contributed by atoms with van der Waals surface area (Å²) in [4.78, 5) is 18.2. The highest BCUT2D eigenvalue weighted by atomic mass is 32.2. The number of anilines is 1. The number of ether oxygens (including phenoxy) is 1. The fraction of sp³-hybridized carbons (Fsp3) is 0.348. The average Bonchev–Trinajstić information content (AvgIpc) is 3.43. The molecule has 2 aromatic carbocycles. The zero-order valence-corrected chi connectivity index (χ0v) is 19.6. The fourth-order valence-electron chi connectivity index (χ4n) is 3.75. The minimum atomic E-state index is -3.80. The molecule has 9 nitrogen and oxygen atoms in total. The van der Waals surface area contributed by atoms with Crippen molar-refractivity contribution in [1.29, 1.82) is 0 Å². The number of nitrogens with zero attached hydrogens (tertiary/aromatic N) is 4. The Hall–Kier alpha value is -3.24. The Kier molecular flexibility index (Phi) is 6.48. The van der Waals surface area contributed by atoms with Crippen LogP contribution in [0.3, 0.4) is 0 Å². The van der Waals surface area contributed by atoms with Gasteiger partial charge in [0.1, 0.15) is 5.75 Å². The van der Waals surface area contributed by atoms with Gasteiger partial charge in [0.25, 0.3) is 0 Å². The van der Waals surface area contributed by atoms with Gasteiger partial charge >= 0.3 is 0 Å². The third kappa shape index (κ3) is 4.76. The third-order valence-corrected chi connectivity index (χ3v) is 7.29. The van der Waals surface area contributed by atoms with Gasteiger partial charge in [-0.2, -0.15) is 9.29 Å². The Labute approximate surface area is 193 Å². The minimum absolute atomic E-state index is 0.0607. The Morgan fingerprint density at radius 2 is 1.94 bits per heavy atom. The number of aryl methyl sites for hydroxylation is 1. The molecule has 0 radical (unpaired) electrons. The lowest BCUT2D eigenvalue weighted by molar-refractivity contribution is -0.117. The van der Waals surface area contributed by atoms with Crippen molar-refractivity contribution >= 4 is 21.6 Å². The molecular formula is C23H26N4O5S. The topological polar surface area (TPSA) is 106 Å². The molecule has 1 fully saturated rings. The molecule has 1 saturated heterocycles. The number of carbonyl (C=O) groups is 1. The standard InChI is InChI=1S/C23H26N4O5S/c1-4-31-18-9-7-17(8-10-18)23-24-21(32-25-23)15-26(3)33(29,30)19-11-12-20(16(2)14-19)27-13-5-6-22(27)28/h7-12,14H,4-6,13,15H2,1-3H3. The molecule has 1 aliphatic heterocycles. The summed E-state index contributed by atoms with van der Waals surface area (Å²) in [7, 11) is -2.33. The van der Waals surface area contributed by atoms with Crippen LogP contribution in [0.1, 0.15) is 31.2 Å². The molecule has 33 heavy (non-hydrogen) atoms. The first-order chi connectivity index (χ1) is 15.8. The van der Waals surface area contributed by atoms with E-state index in [-0.39, 0.29) is 23.2 Å². The van der Waals surface area contributed by atoms with E-state index in [1.54, 1.807) is 24.0 Å². The molecule has 0 spiro atoms. The molecule has 1 aromatic heterocycles. The van der Waals surface area contributed by atoms with Crippen molar-refractivity contribution in [3.05, 3.63) is 53.9 Å². The van der Waals surface area contributed by atoms with Crippen LogP contribution in [0.2, 0.25) is 0 Å². The third-order valence-electron chi connectivity index (χ3n) is 5.49. The van der Waals surface area contributed by atoms with E-state index >= 15 is 0 Å². The van der Waals surface area contributed by atoms with E-state index in [2.05, 4.69) is 10.1 Å². The minimum Gasteiger partial charge on any atom is -0.494 e. The van der Waals surface area contributed by atoms with Crippen molar-refractivity contribution in [2.75, 3.05) is 25.1 Å². The summed E-state index contributed by atoms with van der Waals surface area (Å²) in [5, 5.41) is 3.96. The first-order valence-corrected chi connectivity index (χ1v) is 12.2. The summed E-state index contributed by atoms with van der Waals surface area (Å²) >= 11 is 0. The number of benzene rings is 2. The van der Waals surface area contributed by atoms with Crippen molar-refractivity contribution in [3.63, 3.8) is 0 Å². The molecule has 1 amide bonds. The zero-order chi connectivity index (χ0) is 23.6. The van der Waals surface area contributed by atoms with Crippen LogP contribution in [-0.4, -0.2) is 49.0 Å².